The number of amides is 1. The third-order valence-corrected chi connectivity index (χ3v) is 3.91. The van der Waals surface area contributed by atoms with Gasteiger partial charge in [-0.2, -0.15) is 0 Å². The van der Waals surface area contributed by atoms with Gasteiger partial charge in [-0.3, -0.25) is 10.1 Å². The first-order chi connectivity index (χ1) is 9.59. The molecule has 1 unspecified atom stereocenters. The van der Waals surface area contributed by atoms with Crippen LogP contribution in [0.5, 0.6) is 0 Å². The molecule has 1 N–H and O–H groups in total. The summed E-state index contributed by atoms with van der Waals surface area (Å²) in [4.78, 5) is 14.2. The highest BCUT2D eigenvalue weighted by Gasteiger charge is 2.24. The van der Waals surface area contributed by atoms with E-state index >= 15 is 0 Å². The first-order valence-electron chi connectivity index (χ1n) is 6.96. The second-order valence-electron chi connectivity index (χ2n) is 5.07. The minimum Gasteiger partial charge on any atom is -0.378 e. The average Bonchev–Trinajstić information content (AvgIpc) is 2.47. The van der Waals surface area contributed by atoms with Crippen LogP contribution in [0.25, 0.3) is 0 Å². The van der Waals surface area contributed by atoms with Gasteiger partial charge < -0.3 is 9.64 Å². The van der Waals surface area contributed by atoms with Crippen LogP contribution in [0.3, 0.4) is 0 Å². The molecule has 4 nitrogen and oxygen atoms in total. The molecule has 1 aliphatic heterocycles. The Morgan fingerprint density at radius 3 is 2.60 bits per heavy atom. The minimum atomic E-state index is -0.237. The van der Waals surface area contributed by atoms with E-state index in [2.05, 4.69) is 5.32 Å². The number of morpholine rings is 1. The Bertz CT molecular complexity index is 461. The lowest BCUT2D eigenvalue weighted by molar-refractivity contribution is -0.137. The molecule has 1 fully saturated rings. The minimum absolute atomic E-state index is 0.0312. The Morgan fingerprint density at radius 2 is 1.95 bits per heavy atom. The molecule has 0 aromatic heterocycles. The van der Waals surface area contributed by atoms with Crippen LogP contribution >= 0.6 is 11.6 Å². The van der Waals surface area contributed by atoms with Gasteiger partial charge in [-0.1, -0.05) is 29.8 Å². The predicted molar refractivity (Wildman–Crippen MR) is 79.9 cm³/mol. The first-order valence-corrected chi connectivity index (χ1v) is 7.34. The molecule has 1 aromatic rings. The van der Waals surface area contributed by atoms with E-state index < -0.39 is 0 Å². The lowest BCUT2D eigenvalue weighted by Gasteiger charge is -2.30. The molecule has 0 bridgehead atoms. The van der Waals surface area contributed by atoms with Gasteiger partial charge in [-0.25, -0.2) is 0 Å². The fraction of sp³-hybridized carbons (Fsp3) is 0.533. The van der Waals surface area contributed by atoms with Gasteiger partial charge in [0.25, 0.3) is 0 Å². The average molecular weight is 297 g/mol. The third kappa shape index (κ3) is 3.72. The fourth-order valence-electron chi connectivity index (χ4n) is 2.42. The topological polar surface area (TPSA) is 41.6 Å². The van der Waals surface area contributed by atoms with Crippen LogP contribution in [0.4, 0.5) is 0 Å². The number of benzene rings is 1. The van der Waals surface area contributed by atoms with Gasteiger partial charge in [0.1, 0.15) is 0 Å². The SMILES string of the molecule is CC(N[C@@H](C)c1ccccc1Cl)C(=O)N1CCOCC1. The van der Waals surface area contributed by atoms with Gasteiger partial charge in [0.2, 0.25) is 5.91 Å². The molecule has 0 radical (unpaired) electrons. The lowest BCUT2D eigenvalue weighted by atomic mass is 10.1. The Labute approximate surface area is 125 Å². The Morgan fingerprint density at radius 1 is 1.30 bits per heavy atom. The van der Waals surface area contributed by atoms with Crippen molar-refractivity contribution in [3.63, 3.8) is 0 Å². The standard InChI is InChI=1S/C15H21ClN2O2/c1-11(13-5-3-4-6-14(13)16)17-12(2)15(19)18-7-9-20-10-8-18/h3-6,11-12,17H,7-10H2,1-2H3/t11-,12?/m0/s1. The van der Waals surface area contributed by atoms with Gasteiger partial charge in [-0.15, -0.1) is 0 Å². The van der Waals surface area contributed by atoms with Gasteiger partial charge in [0.05, 0.1) is 19.3 Å². The van der Waals surface area contributed by atoms with E-state index in [0.29, 0.717) is 26.3 Å². The van der Waals surface area contributed by atoms with Crippen LogP contribution in [-0.4, -0.2) is 43.2 Å². The molecule has 1 aliphatic rings. The smallest absolute Gasteiger partial charge is 0.239 e. The molecule has 0 aliphatic carbocycles. The molecule has 110 valence electrons. The summed E-state index contributed by atoms with van der Waals surface area (Å²) in [5.41, 5.74) is 1.01. The van der Waals surface area contributed by atoms with Crippen molar-refractivity contribution < 1.29 is 9.53 Å². The number of nitrogens with zero attached hydrogens (tertiary/aromatic N) is 1. The molecule has 1 heterocycles. The number of ether oxygens (including phenoxy) is 1. The van der Waals surface area contributed by atoms with Crippen LogP contribution in [0.1, 0.15) is 25.5 Å². The Balaban J connectivity index is 1.95. The third-order valence-electron chi connectivity index (χ3n) is 3.56. The maximum atomic E-state index is 12.3. The van der Waals surface area contributed by atoms with Crippen LogP contribution in [0.15, 0.2) is 24.3 Å². The van der Waals surface area contributed by atoms with E-state index in [9.17, 15) is 4.79 Å². The summed E-state index contributed by atoms with van der Waals surface area (Å²) in [7, 11) is 0. The molecule has 2 rings (SSSR count). The zero-order valence-electron chi connectivity index (χ0n) is 11.9. The second kappa shape index (κ2) is 7.07. The summed E-state index contributed by atoms with van der Waals surface area (Å²) in [6, 6.07) is 7.49. The molecule has 2 atom stereocenters. The van der Waals surface area contributed by atoms with E-state index in [1.165, 1.54) is 0 Å². The Hall–Kier alpha value is -1.10. The quantitative estimate of drug-likeness (QED) is 0.926. The van der Waals surface area contributed by atoms with Crippen molar-refractivity contribution in [1.82, 2.24) is 10.2 Å². The van der Waals surface area contributed by atoms with E-state index in [4.69, 9.17) is 16.3 Å². The molecule has 0 spiro atoms. The van der Waals surface area contributed by atoms with Gasteiger partial charge in [-0.05, 0) is 25.5 Å². The summed E-state index contributed by atoms with van der Waals surface area (Å²) in [6.07, 6.45) is 0. The zero-order chi connectivity index (χ0) is 14.5. The number of carbonyl (C=O) groups is 1. The molecule has 1 aromatic carbocycles. The van der Waals surface area contributed by atoms with Crippen LogP contribution < -0.4 is 5.32 Å². The molecule has 0 saturated carbocycles. The van der Waals surface area contributed by atoms with Gasteiger partial charge in [0.15, 0.2) is 0 Å². The molecule has 1 saturated heterocycles. The van der Waals surface area contributed by atoms with Crippen molar-refractivity contribution in [3.8, 4) is 0 Å². The van der Waals surface area contributed by atoms with Crippen molar-refractivity contribution in [3.05, 3.63) is 34.9 Å². The number of nitrogens with one attached hydrogen (secondary N) is 1. The molecular formula is C15H21ClN2O2. The number of hydrogen-bond acceptors (Lipinski definition) is 3. The van der Waals surface area contributed by atoms with E-state index in [1.807, 2.05) is 43.0 Å². The highest BCUT2D eigenvalue weighted by Crippen LogP contribution is 2.22. The van der Waals surface area contributed by atoms with Crippen LogP contribution in [0.2, 0.25) is 5.02 Å². The van der Waals surface area contributed by atoms with Crippen molar-refractivity contribution in [1.29, 1.82) is 0 Å². The summed E-state index contributed by atoms with van der Waals surface area (Å²) in [5.74, 6) is 0.118. The predicted octanol–water partition coefficient (Wildman–Crippen LogP) is 2.24. The van der Waals surface area contributed by atoms with E-state index in [-0.39, 0.29) is 18.0 Å². The normalized spacial score (nSPS) is 18.6. The molecular weight excluding hydrogens is 276 g/mol. The maximum absolute atomic E-state index is 12.3. The zero-order valence-corrected chi connectivity index (χ0v) is 12.7. The van der Waals surface area contributed by atoms with Crippen LogP contribution in [-0.2, 0) is 9.53 Å². The van der Waals surface area contributed by atoms with Crippen molar-refractivity contribution in [2.75, 3.05) is 26.3 Å². The fourth-order valence-corrected chi connectivity index (χ4v) is 2.72. The Kier molecular flexibility index (Phi) is 5.40. The molecule has 5 heteroatoms. The summed E-state index contributed by atoms with van der Waals surface area (Å²) < 4.78 is 5.26. The highest BCUT2D eigenvalue weighted by molar-refractivity contribution is 6.31. The molecule has 1 amide bonds. The largest absolute Gasteiger partial charge is 0.378 e. The summed E-state index contributed by atoms with van der Waals surface area (Å²) in [5, 5.41) is 4.04. The monoisotopic (exact) mass is 296 g/mol. The maximum Gasteiger partial charge on any atom is 0.239 e. The van der Waals surface area contributed by atoms with Crippen molar-refractivity contribution in [2.24, 2.45) is 0 Å². The number of rotatable bonds is 4. The first kappa shape index (κ1) is 15.3. The number of halogens is 1. The van der Waals surface area contributed by atoms with Gasteiger partial charge >= 0.3 is 0 Å². The van der Waals surface area contributed by atoms with Crippen molar-refractivity contribution in [2.45, 2.75) is 25.9 Å². The van der Waals surface area contributed by atoms with Crippen LogP contribution in [0, 0.1) is 0 Å². The lowest BCUT2D eigenvalue weighted by Crippen LogP contribution is -2.49. The van der Waals surface area contributed by atoms with Crippen molar-refractivity contribution >= 4 is 17.5 Å². The highest BCUT2D eigenvalue weighted by atomic mass is 35.5. The van der Waals surface area contributed by atoms with E-state index in [0.717, 1.165) is 10.6 Å². The van der Waals surface area contributed by atoms with E-state index in [1.54, 1.807) is 0 Å². The number of hydrogen-bond donors (Lipinski definition) is 1. The second-order valence-corrected chi connectivity index (χ2v) is 5.48. The molecule has 20 heavy (non-hydrogen) atoms. The summed E-state index contributed by atoms with van der Waals surface area (Å²) >= 11 is 6.18. The summed E-state index contributed by atoms with van der Waals surface area (Å²) in [6.45, 7) is 6.50. The number of carbonyl (C=O) groups excluding carboxylic acids is 1. The van der Waals surface area contributed by atoms with Gasteiger partial charge in [0, 0.05) is 24.2 Å².